The zero-order valence-electron chi connectivity index (χ0n) is 21.1. The smallest absolute Gasteiger partial charge is 0.320 e. The molecule has 2 amide bonds. The average molecular weight is 491 g/mol. The summed E-state index contributed by atoms with van der Waals surface area (Å²) in [5.74, 6) is 0.453. The molecule has 2 saturated heterocycles. The minimum absolute atomic E-state index is 0.0379. The number of esters is 1. The number of ether oxygens (including phenoxy) is 1. The first-order chi connectivity index (χ1) is 16.1. The Hall–Kier alpha value is -2.00. The summed E-state index contributed by atoms with van der Waals surface area (Å²) in [4.78, 5) is 48.3. The Balaban J connectivity index is 1.26. The van der Waals surface area contributed by atoms with Gasteiger partial charge in [0.2, 0.25) is 5.91 Å². The summed E-state index contributed by atoms with van der Waals surface area (Å²) < 4.78 is 5.01. The molecule has 3 heterocycles. The second kappa shape index (κ2) is 9.57. The van der Waals surface area contributed by atoms with Gasteiger partial charge in [0.1, 0.15) is 5.69 Å². The van der Waals surface area contributed by atoms with Gasteiger partial charge in [0.25, 0.3) is 5.91 Å². The van der Waals surface area contributed by atoms with Crippen molar-refractivity contribution in [3.05, 3.63) is 16.1 Å². The highest BCUT2D eigenvalue weighted by molar-refractivity contribution is 7.09. The number of nitrogens with zero attached hydrogens (tertiary/aromatic N) is 4. The molecule has 3 aliphatic rings. The standard InChI is InChI=1S/C25H38N4O4S/c1-6-33-19(30)15-27-11-13-29(14-12-27)22(31)18-16-34-21(26-18)17-7-9-28(10-8-17)23(32)20-24(2,3)25(20,4)5/h16-17,20H,6-15H2,1-5H3. The van der Waals surface area contributed by atoms with E-state index in [0.717, 1.165) is 30.9 Å². The van der Waals surface area contributed by atoms with Crippen molar-refractivity contribution >= 4 is 29.1 Å². The molecule has 3 fully saturated rings. The third-order valence-electron chi connectivity index (χ3n) is 8.48. The summed E-state index contributed by atoms with van der Waals surface area (Å²) in [7, 11) is 0. The molecule has 1 saturated carbocycles. The summed E-state index contributed by atoms with van der Waals surface area (Å²) in [5.41, 5.74) is 0.643. The van der Waals surface area contributed by atoms with Gasteiger partial charge >= 0.3 is 5.97 Å². The van der Waals surface area contributed by atoms with Crippen LogP contribution >= 0.6 is 11.3 Å². The van der Waals surface area contributed by atoms with Crippen LogP contribution in [0.3, 0.4) is 0 Å². The molecule has 0 N–H and O–H groups in total. The number of thiazole rings is 1. The molecule has 2 aliphatic heterocycles. The van der Waals surface area contributed by atoms with E-state index in [0.29, 0.717) is 50.3 Å². The highest BCUT2D eigenvalue weighted by Gasteiger charge is 2.68. The van der Waals surface area contributed by atoms with Gasteiger partial charge in [0.15, 0.2) is 0 Å². The molecule has 0 radical (unpaired) electrons. The summed E-state index contributed by atoms with van der Waals surface area (Å²) in [5, 5.41) is 2.87. The number of hydrogen-bond donors (Lipinski definition) is 0. The fourth-order valence-corrected chi connectivity index (χ4v) is 6.54. The third-order valence-corrected chi connectivity index (χ3v) is 9.49. The predicted molar refractivity (Wildman–Crippen MR) is 131 cm³/mol. The van der Waals surface area contributed by atoms with Crippen molar-refractivity contribution in [1.82, 2.24) is 19.7 Å². The van der Waals surface area contributed by atoms with Gasteiger partial charge in [-0.25, -0.2) is 4.98 Å². The van der Waals surface area contributed by atoms with Crippen LogP contribution in [-0.4, -0.2) is 89.9 Å². The molecular formula is C25H38N4O4S. The van der Waals surface area contributed by atoms with Gasteiger partial charge in [-0.1, -0.05) is 27.7 Å². The van der Waals surface area contributed by atoms with E-state index in [-0.39, 0.29) is 35.2 Å². The quantitative estimate of drug-likeness (QED) is 0.571. The van der Waals surface area contributed by atoms with Gasteiger partial charge in [0.05, 0.1) is 18.2 Å². The van der Waals surface area contributed by atoms with E-state index in [1.165, 1.54) is 0 Å². The van der Waals surface area contributed by atoms with Gasteiger partial charge in [0, 0.05) is 56.5 Å². The lowest BCUT2D eigenvalue weighted by Gasteiger charge is -2.33. The van der Waals surface area contributed by atoms with Crippen molar-refractivity contribution in [2.75, 3.05) is 52.4 Å². The van der Waals surface area contributed by atoms with Gasteiger partial charge in [-0.05, 0) is 30.6 Å². The Morgan fingerprint density at radius 3 is 2.18 bits per heavy atom. The summed E-state index contributed by atoms with van der Waals surface area (Å²) in [6.07, 6.45) is 1.79. The zero-order valence-corrected chi connectivity index (χ0v) is 21.9. The number of amides is 2. The van der Waals surface area contributed by atoms with Crippen molar-refractivity contribution < 1.29 is 19.1 Å². The van der Waals surface area contributed by atoms with Crippen molar-refractivity contribution in [3.8, 4) is 0 Å². The molecule has 0 unspecified atom stereocenters. The van der Waals surface area contributed by atoms with E-state index in [1.54, 1.807) is 18.3 Å². The number of rotatable bonds is 6. The van der Waals surface area contributed by atoms with Crippen molar-refractivity contribution in [1.29, 1.82) is 0 Å². The van der Waals surface area contributed by atoms with Gasteiger partial charge in [-0.15, -0.1) is 11.3 Å². The van der Waals surface area contributed by atoms with Gasteiger partial charge in [-0.2, -0.15) is 0 Å². The Morgan fingerprint density at radius 2 is 1.62 bits per heavy atom. The van der Waals surface area contributed by atoms with E-state index in [2.05, 4.69) is 27.7 Å². The van der Waals surface area contributed by atoms with Crippen LogP contribution in [0.1, 0.15) is 68.9 Å². The van der Waals surface area contributed by atoms with Crippen LogP contribution < -0.4 is 0 Å². The first-order valence-corrected chi connectivity index (χ1v) is 13.4. The molecule has 0 spiro atoms. The Morgan fingerprint density at radius 1 is 1.00 bits per heavy atom. The molecule has 0 bridgehead atoms. The summed E-state index contributed by atoms with van der Waals surface area (Å²) in [6.45, 7) is 15.2. The molecule has 9 heteroatoms. The molecule has 1 aromatic heterocycles. The van der Waals surface area contributed by atoms with Crippen LogP contribution in [0.4, 0.5) is 0 Å². The van der Waals surface area contributed by atoms with E-state index >= 15 is 0 Å². The topological polar surface area (TPSA) is 83.0 Å². The predicted octanol–water partition coefficient (Wildman–Crippen LogP) is 2.85. The van der Waals surface area contributed by atoms with Crippen LogP contribution in [-0.2, 0) is 14.3 Å². The van der Waals surface area contributed by atoms with E-state index in [1.807, 2.05) is 20.1 Å². The van der Waals surface area contributed by atoms with Crippen LogP contribution in [0, 0.1) is 16.7 Å². The molecule has 4 rings (SSSR count). The lowest BCUT2D eigenvalue weighted by Crippen LogP contribution is -2.50. The molecule has 1 aliphatic carbocycles. The van der Waals surface area contributed by atoms with Crippen molar-refractivity contribution in [3.63, 3.8) is 0 Å². The monoisotopic (exact) mass is 490 g/mol. The van der Waals surface area contributed by atoms with Crippen LogP contribution in [0.25, 0.3) is 0 Å². The average Bonchev–Trinajstić information content (AvgIpc) is 3.13. The third kappa shape index (κ3) is 4.73. The normalized spacial score (nSPS) is 23.1. The minimum atomic E-state index is -0.219. The first-order valence-electron chi connectivity index (χ1n) is 12.5. The summed E-state index contributed by atoms with van der Waals surface area (Å²) >= 11 is 1.56. The largest absolute Gasteiger partial charge is 0.465 e. The Kier molecular flexibility index (Phi) is 7.06. The first kappa shape index (κ1) is 25.1. The SMILES string of the molecule is CCOC(=O)CN1CCN(C(=O)c2csc(C3CCN(C(=O)C4C(C)(C)C4(C)C)CC3)n2)CC1. The van der Waals surface area contributed by atoms with Crippen LogP contribution in [0.2, 0.25) is 0 Å². The van der Waals surface area contributed by atoms with E-state index in [9.17, 15) is 14.4 Å². The number of piperidine rings is 1. The fourth-order valence-electron chi connectivity index (χ4n) is 5.58. The van der Waals surface area contributed by atoms with E-state index < -0.39 is 0 Å². The van der Waals surface area contributed by atoms with Crippen LogP contribution in [0.15, 0.2) is 5.38 Å². The fraction of sp³-hybridized carbons (Fsp3) is 0.760. The molecule has 34 heavy (non-hydrogen) atoms. The highest BCUT2D eigenvalue weighted by atomic mass is 32.1. The second-order valence-corrected chi connectivity index (χ2v) is 11.8. The lowest BCUT2D eigenvalue weighted by molar-refractivity contribution is -0.144. The molecule has 0 aromatic carbocycles. The molecule has 8 nitrogen and oxygen atoms in total. The zero-order chi connectivity index (χ0) is 24.7. The van der Waals surface area contributed by atoms with Crippen molar-refractivity contribution in [2.24, 2.45) is 16.7 Å². The minimum Gasteiger partial charge on any atom is -0.465 e. The number of likely N-dealkylation sites (tertiary alicyclic amines) is 1. The number of hydrogen-bond acceptors (Lipinski definition) is 7. The molecular weight excluding hydrogens is 452 g/mol. The summed E-state index contributed by atoms with van der Waals surface area (Å²) in [6, 6.07) is 0. The Labute approximate surface area is 206 Å². The molecule has 0 atom stereocenters. The maximum Gasteiger partial charge on any atom is 0.320 e. The maximum absolute atomic E-state index is 13.1. The van der Waals surface area contributed by atoms with Gasteiger partial charge < -0.3 is 14.5 Å². The van der Waals surface area contributed by atoms with Crippen LogP contribution in [0.5, 0.6) is 0 Å². The van der Waals surface area contributed by atoms with Gasteiger partial charge in [-0.3, -0.25) is 19.3 Å². The lowest BCUT2D eigenvalue weighted by atomic mass is 9.96. The molecule has 1 aromatic rings. The maximum atomic E-state index is 13.1. The second-order valence-electron chi connectivity index (χ2n) is 10.9. The number of piperazine rings is 1. The number of carbonyl (C=O) groups excluding carboxylic acids is 3. The number of aromatic nitrogens is 1. The molecule has 188 valence electrons. The van der Waals surface area contributed by atoms with E-state index in [4.69, 9.17) is 9.72 Å². The van der Waals surface area contributed by atoms with Crippen molar-refractivity contribution in [2.45, 2.75) is 53.4 Å². The Bertz CT molecular complexity index is 913. The number of carbonyl (C=O) groups is 3. The highest BCUT2D eigenvalue weighted by Crippen LogP contribution is 2.68.